The van der Waals surface area contributed by atoms with Crippen LogP contribution in [0.4, 0.5) is 30.5 Å². The molecule has 2 aliphatic heterocycles. The molecular weight excluding hydrogens is 605 g/mol. The van der Waals surface area contributed by atoms with Crippen LogP contribution in [-0.2, 0) is 22.4 Å². The number of rotatable bonds is 7. The van der Waals surface area contributed by atoms with E-state index in [9.17, 15) is 31.5 Å². The minimum Gasteiger partial charge on any atom is -0.395 e. The number of sulfone groups is 1. The van der Waals surface area contributed by atoms with Crippen LogP contribution in [0.2, 0.25) is 0 Å². The van der Waals surface area contributed by atoms with E-state index in [1.54, 1.807) is 0 Å². The van der Waals surface area contributed by atoms with E-state index in [1.165, 1.54) is 11.9 Å². The highest BCUT2D eigenvalue weighted by atomic mass is 32.2. The Labute approximate surface area is 252 Å². The first-order valence-corrected chi connectivity index (χ1v) is 16.4. The minimum absolute atomic E-state index is 0.00927. The summed E-state index contributed by atoms with van der Waals surface area (Å²) >= 11 is 0.679. The number of piperazine rings is 1. The molecule has 2 aromatic heterocycles. The van der Waals surface area contributed by atoms with Gasteiger partial charge in [0.1, 0.15) is 10.4 Å². The summed E-state index contributed by atoms with van der Waals surface area (Å²) in [5, 5.41) is 12.3. The molecule has 5 rings (SSSR count). The van der Waals surface area contributed by atoms with Crippen LogP contribution in [0.25, 0.3) is 10.6 Å². The van der Waals surface area contributed by atoms with Gasteiger partial charge < -0.3 is 20.2 Å². The number of halogens is 3. The van der Waals surface area contributed by atoms with Crippen molar-refractivity contribution in [1.82, 2.24) is 19.8 Å². The first-order valence-electron chi connectivity index (χ1n) is 13.9. The standard InChI is InChI=1S/C28H33F3N6O4S2/c1-4-18-13-19(37-8-7-36(9-11-38)16-17(37)2)5-6-21(18)33-27-32-15-20(28(29,30)31)24(34-27)22-14-23-25(42-22)26(39)35(3)10-12-43(23,40)41/h5-6,13-15,17,38H,4,7-12,16H2,1-3H3,(H,32,33,34). The number of nitrogens with zero attached hydrogens (tertiary/aromatic N) is 5. The van der Waals surface area contributed by atoms with E-state index >= 15 is 0 Å². The number of anilines is 3. The number of aryl methyl sites for hydroxylation is 1. The zero-order valence-electron chi connectivity index (χ0n) is 24.0. The highest BCUT2D eigenvalue weighted by Gasteiger charge is 2.38. The number of hydrogen-bond acceptors (Lipinski definition) is 10. The van der Waals surface area contributed by atoms with Gasteiger partial charge in [0.05, 0.1) is 27.8 Å². The number of benzene rings is 1. The van der Waals surface area contributed by atoms with Gasteiger partial charge in [-0.25, -0.2) is 18.4 Å². The molecule has 1 amide bonds. The molecule has 1 aromatic carbocycles. The van der Waals surface area contributed by atoms with Gasteiger partial charge in [-0.05, 0) is 43.2 Å². The molecule has 43 heavy (non-hydrogen) atoms. The molecule has 1 atom stereocenters. The molecule has 3 aromatic rings. The zero-order valence-corrected chi connectivity index (χ0v) is 25.6. The van der Waals surface area contributed by atoms with Gasteiger partial charge >= 0.3 is 6.18 Å². The summed E-state index contributed by atoms with van der Waals surface area (Å²) in [5.41, 5.74) is 0.925. The molecule has 1 fully saturated rings. The third-order valence-corrected chi connectivity index (χ3v) is 10.7. The average Bonchev–Trinajstić information content (AvgIpc) is 3.39. The number of alkyl halides is 3. The molecule has 2 N–H and O–H groups in total. The third kappa shape index (κ3) is 6.35. The van der Waals surface area contributed by atoms with Crippen LogP contribution in [0.15, 0.2) is 35.4 Å². The first-order chi connectivity index (χ1) is 20.3. The minimum atomic E-state index is -4.82. The molecule has 0 radical (unpaired) electrons. The summed E-state index contributed by atoms with van der Waals surface area (Å²) in [4.78, 5) is 26.2. The quantitative estimate of drug-likeness (QED) is 0.397. The fourth-order valence-corrected chi connectivity index (χ4v) is 8.44. The second-order valence-electron chi connectivity index (χ2n) is 10.7. The Kier molecular flexibility index (Phi) is 8.71. The Morgan fingerprint density at radius 2 is 1.95 bits per heavy atom. The molecule has 2 aliphatic rings. The predicted octanol–water partition coefficient (Wildman–Crippen LogP) is 3.89. The van der Waals surface area contributed by atoms with Gasteiger partial charge in [0, 0.05) is 63.4 Å². The number of amides is 1. The highest BCUT2D eigenvalue weighted by Crippen LogP contribution is 2.42. The molecule has 0 spiro atoms. The monoisotopic (exact) mass is 638 g/mol. The van der Waals surface area contributed by atoms with Gasteiger partial charge in [0.2, 0.25) is 5.95 Å². The number of β-amino-alcohol motifs (C(OH)–C–C–N with tert-alkyl or cyclic N) is 1. The summed E-state index contributed by atoms with van der Waals surface area (Å²) in [6, 6.07) is 7.15. The number of carbonyl (C=O) groups is 1. The van der Waals surface area contributed by atoms with Gasteiger partial charge in [-0.3, -0.25) is 9.69 Å². The van der Waals surface area contributed by atoms with Crippen LogP contribution in [0.5, 0.6) is 0 Å². The maximum Gasteiger partial charge on any atom is 0.420 e. The van der Waals surface area contributed by atoms with Gasteiger partial charge in [-0.2, -0.15) is 13.2 Å². The molecule has 15 heteroatoms. The van der Waals surface area contributed by atoms with Gasteiger partial charge in [0.15, 0.2) is 9.84 Å². The Hall–Kier alpha value is -3.27. The van der Waals surface area contributed by atoms with Crippen molar-refractivity contribution < 1.29 is 31.5 Å². The van der Waals surface area contributed by atoms with Crippen molar-refractivity contribution in [2.24, 2.45) is 0 Å². The van der Waals surface area contributed by atoms with Crippen molar-refractivity contribution in [2.45, 2.75) is 37.4 Å². The van der Waals surface area contributed by atoms with E-state index in [1.807, 2.05) is 25.1 Å². The SMILES string of the molecule is CCc1cc(N2CCN(CCO)CC2C)ccc1Nc1ncc(C(F)(F)F)c(-c2cc3c(s2)C(=O)N(C)CCS3(=O)=O)n1. The smallest absolute Gasteiger partial charge is 0.395 e. The highest BCUT2D eigenvalue weighted by molar-refractivity contribution is 7.91. The van der Waals surface area contributed by atoms with Crippen molar-refractivity contribution in [1.29, 1.82) is 0 Å². The number of fused-ring (bicyclic) bond motifs is 1. The second-order valence-corrected chi connectivity index (χ2v) is 13.8. The lowest BCUT2D eigenvalue weighted by atomic mass is 10.1. The summed E-state index contributed by atoms with van der Waals surface area (Å²) in [6.07, 6.45) is -3.51. The molecule has 0 bridgehead atoms. The number of aliphatic hydroxyl groups excluding tert-OH is 1. The molecule has 4 heterocycles. The molecule has 0 aliphatic carbocycles. The van der Waals surface area contributed by atoms with E-state index in [2.05, 4.69) is 32.0 Å². The second kappa shape index (κ2) is 12.0. The van der Waals surface area contributed by atoms with Crippen molar-refractivity contribution in [2.75, 3.05) is 62.3 Å². The Balaban J connectivity index is 1.48. The van der Waals surface area contributed by atoms with Gasteiger partial charge in [-0.1, -0.05) is 6.92 Å². The topological polar surface area (TPSA) is 119 Å². The lowest BCUT2D eigenvalue weighted by Gasteiger charge is -2.41. The number of aromatic nitrogens is 2. The zero-order chi connectivity index (χ0) is 31.1. The summed E-state index contributed by atoms with van der Waals surface area (Å²) < 4.78 is 67.9. The van der Waals surface area contributed by atoms with Gasteiger partial charge in [-0.15, -0.1) is 11.3 Å². The van der Waals surface area contributed by atoms with Gasteiger partial charge in [0.25, 0.3) is 5.91 Å². The first kappa shape index (κ1) is 31.2. The lowest BCUT2D eigenvalue weighted by molar-refractivity contribution is -0.137. The third-order valence-electron chi connectivity index (χ3n) is 7.77. The largest absolute Gasteiger partial charge is 0.420 e. The summed E-state index contributed by atoms with van der Waals surface area (Å²) in [7, 11) is -2.43. The van der Waals surface area contributed by atoms with E-state index < -0.39 is 33.2 Å². The molecule has 10 nitrogen and oxygen atoms in total. The lowest BCUT2D eigenvalue weighted by Crippen LogP contribution is -2.52. The summed E-state index contributed by atoms with van der Waals surface area (Å²) in [5.74, 6) is -0.981. The van der Waals surface area contributed by atoms with Crippen molar-refractivity contribution >= 4 is 44.4 Å². The normalized spacial score (nSPS) is 19.3. The Bertz CT molecular complexity index is 1630. The fourth-order valence-electron chi connectivity index (χ4n) is 5.41. The molecule has 0 saturated carbocycles. The van der Waals surface area contributed by atoms with Crippen LogP contribution in [0.3, 0.4) is 0 Å². The Morgan fingerprint density at radius 1 is 1.19 bits per heavy atom. The number of aliphatic hydroxyl groups is 1. The van der Waals surface area contributed by atoms with E-state index in [-0.39, 0.29) is 45.5 Å². The van der Waals surface area contributed by atoms with Crippen LogP contribution >= 0.6 is 11.3 Å². The van der Waals surface area contributed by atoms with Crippen molar-refractivity contribution in [3.8, 4) is 10.6 Å². The number of thiophene rings is 1. The van der Waals surface area contributed by atoms with Crippen LogP contribution < -0.4 is 10.2 Å². The van der Waals surface area contributed by atoms with E-state index in [4.69, 9.17) is 0 Å². The molecule has 232 valence electrons. The molecule has 1 saturated heterocycles. The van der Waals surface area contributed by atoms with Crippen LogP contribution in [-0.4, -0.2) is 97.4 Å². The number of hydrogen-bond donors (Lipinski definition) is 2. The summed E-state index contributed by atoms with van der Waals surface area (Å²) in [6.45, 7) is 7.27. The fraction of sp³-hybridized carbons (Fsp3) is 0.464. The average molecular weight is 639 g/mol. The molecular formula is C28H33F3N6O4S2. The van der Waals surface area contributed by atoms with E-state index in [0.717, 1.165) is 37.0 Å². The van der Waals surface area contributed by atoms with Crippen molar-refractivity contribution in [3.05, 3.63) is 46.5 Å². The van der Waals surface area contributed by atoms with Crippen molar-refractivity contribution in [3.63, 3.8) is 0 Å². The maximum absolute atomic E-state index is 14.1. The maximum atomic E-state index is 14.1. The van der Waals surface area contributed by atoms with Crippen LogP contribution in [0.1, 0.15) is 34.6 Å². The number of nitrogens with one attached hydrogen (secondary N) is 1. The predicted molar refractivity (Wildman–Crippen MR) is 159 cm³/mol. The van der Waals surface area contributed by atoms with Crippen LogP contribution in [0, 0.1) is 0 Å². The Morgan fingerprint density at radius 3 is 2.63 bits per heavy atom. The van der Waals surface area contributed by atoms with E-state index in [0.29, 0.717) is 36.2 Å². The molecule has 1 unspecified atom stereocenters. The number of carbonyl (C=O) groups excluding carboxylic acids is 1.